The predicted octanol–water partition coefficient (Wildman–Crippen LogP) is 2.50. The minimum Gasteiger partial charge on any atom is -0.313 e. The first-order chi connectivity index (χ1) is 7.26. The van der Waals surface area contributed by atoms with Gasteiger partial charge in [0.25, 0.3) is 0 Å². The van der Waals surface area contributed by atoms with Crippen molar-refractivity contribution in [1.29, 1.82) is 0 Å². The average molecular weight is 212 g/mol. The van der Waals surface area contributed by atoms with E-state index in [1.165, 1.54) is 51.9 Å². The van der Waals surface area contributed by atoms with E-state index in [2.05, 4.69) is 31.0 Å². The van der Waals surface area contributed by atoms with Crippen LogP contribution in [-0.2, 0) is 0 Å². The van der Waals surface area contributed by atoms with Gasteiger partial charge in [-0.1, -0.05) is 33.6 Å². The highest BCUT2D eigenvalue weighted by atomic mass is 15.1. The van der Waals surface area contributed by atoms with Crippen LogP contribution in [0.25, 0.3) is 0 Å². The van der Waals surface area contributed by atoms with Gasteiger partial charge in [0.1, 0.15) is 0 Å². The average Bonchev–Trinajstić information content (AvgIpc) is 2.25. The summed E-state index contributed by atoms with van der Waals surface area (Å²) in [5.74, 6) is 0.935. The van der Waals surface area contributed by atoms with E-state index in [9.17, 15) is 0 Å². The van der Waals surface area contributed by atoms with Crippen molar-refractivity contribution in [2.45, 2.75) is 52.5 Å². The summed E-state index contributed by atoms with van der Waals surface area (Å²) in [6.07, 6.45) is 5.64. The Kier molecular flexibility index (Phi) is 6.26. The molecule has 1 saturated carbocycles. The van der Waals surface area contributed by atoms with Crippen molar-refractivity contribution in [2.24, 2.45) is 5.92 Å². The van der Waals surface area contributed by atoms with Gasteiger partial charge in [-0.2, -0.15) is 0 Å². The Balaban J connectivity index is 2.08. The number of nitrogens with zero attached hydrogens (tertiary/aromatic N) is 1. The second-order valence-corrected chi connectivity index (χ2v) is 4.95. The van der Waals surface area contributed by atoms with Crippen molar-refractivity contribution in [2.75, 3.05) is 26.2 Å². The fourth-order valence-corrected chi connectivity index (χ4v) is 2.59. The molecule has 1 aliphatic carbocycles. The van der Waals surface area contributed by atoms with Crippen molar-refractivity contribution in [3.8, 4) is 0 Å². The SMILES string of the molecule is CCN(CC)CCNC1CCCC(C)C1. The molecule has 0 heterocycles. The third kappa shape index (κ3) is 4.98. The third-order valence-electron chi connectivity index (χ3n) is 3.69. The van der Waals surface area contributed by atoms with E-state index in [1.807, 2.05) is 0 Å². The van der Waals surface area contributed by atoms with Gasteiger partial charge in [0.2, 0.25) is 0 Å². The minimum absolute atomic E-state index is 0.796. The maximum atomic E-state index is 3.71. The lowest BCUT2D eigenvalue weighted by molar-refractivity contribution is 0.266. The Morgan fingerprint density at radius 3 is 2.53 bits per heavy atom. The van der Waals surface area contributed by atoms with Crippen LogP contribution in [0.1, 0.15) is 46.5 Å². The Labute approximate surface area is 95.4 Å². The Bertz CT molecular complexity index is 155. The summed E-state index contributed by atoms with van der Waals surface area (Å²) in [5, 5.41) is 3.71. The van der Waals surface area contributed by atoms with E-state index in [-0.39, 0.29) is 0 Å². The van der Waals surface area contributed by atoms with Crippen LogP contribution < -0.4 is 5.32 Å². The van der Waals surface area contributed by atoms with Crippen LogP contribution >= 0.6 is 0 Å². The van der Waals surface area contributed by atoms with Crippen molar-refractivity contribution in [3.63, 3.8) is 0 Å². The molecule has 0 bridgehead atoms. The molecule has 0 aromatic rings. The van der Waals surface area contributed by atoms with Crippen molar-refractivity contribution in [1.82, 2.24) is 10.2 Å². The molecule has 1 rings (SSSR count). The van der Waals surface area contributed by atoms with Gasteiger partial charge >= 0.3 is 0 Å². The number of hydrogen-bond acceptors (Lipinski definition) is 2. The van der Waals surface area contributed by atoms with Gasteiger partial charge < -0.3 is 10.2 Å². The molecule has 2 heteroatoms. The summed E-state index contributed by atoms with van der Waals surface area (Å²) >= 11 is 0. The lowest BCUT2D eigenvalue weighted by atomic mass is 9.87. The summed E-state index contributed by atoms with van der Waals surface area (Å²) < 4.78 is 0. The Morgan fingerprint density at radius 1 is 1.20 bits per heavy atom. The highest BCUT2D eigenvalue weighted by Gasteiger charge is 2.17. The molecule has 90 valence electrons. The summed E-state index contributed by atoms with van der Waals surface area (Å²) in [6.45, 7) is 11.6. The smallest absolute Gasteiger partial charge is 0.0107 e. The van der Waals surface area contributed by atoms with Gasteiger partial charge in [-0.05, 0) is 31.8 Å². The van der Waals surface area contributed by atoms with E-state index in [0.717, 1.165) is 12.0 Å². The molecule has 2 nitrogen and oxygen atoms in total. The molecule has 0 saturated heterocycles. The predicted molar refractivity (Wildman–Crippen MR) is 67.2 cm³/mol. The first-order valence-corrected chi connectivity index (χ1v) is 6.72. The van der Waals surface area contributed by atoms with Gasteiger partial charge in [-0.15, -0.1) is 0 Å². The molecule has 0 amide bonds. The van der Waals surface area contributed by atoms with E-state index in [1.54, 1.807) is 0 Å². The van der Waals surface area contributed by atoms with Crippen molar-refractivity contribution < 1.29 is 0 Å². The van der Waals surface area contributed by atoms with Gasteiger partial charge in [0, 0.05) is 19.1 Å². The van der Waals surface area contributed by atoms with Crippen LogP contribution in [0.3, 0.4) is 0 Å². The number of rotatable bonds is 6. The standard InChI is InChI=1S/C13H28N2/c1-4-15(5-2)10-9-14-13-8-6-7-12(3)11-13/h12-14H,4-11H2,1-3H3. The molecule has 0 spiro atoms. The number of hydrogen-bond donors (Lipinski definition) is 1. The van der Waals surface area contributed by atoms with Crippen molar-refractivity contribution in [3.05, 3.63) is 0 Å². The van der Waals surface area contributed by atoms with Crippen molar-refractivity contribution >= 4 is 0 Å². The lowest BCUT2D eigenvalue weighted by Gasteiger charge is -2.28. The molecule has 2 atom stereocenters. The van der Waals surface area contributed by atoms with Crippen LogP contribution in [0, 0.1) is 5.92 Å². The minimum atomic E-state index is 0.796. The van der Waals surface area contributed by atoms with E-state index >= 15 is 0 Å². The first-order valence-electron chi connectivity index (χ1n) is 6.72. The summed E-state index contributed by atoms with van der Waals surface area (Å²) in [4.78, 5) is 2.49. The zero-order valence-electron chi connectivity index (χ0n) is 10.8. The fourth-order valence-electron chi connectivity index (χ4n) is 2.59. The summed E-state index contributed by atoms with van der Waals surface area (Å²) in [5.41, 5.74) is 0. The van der Waals surface area contributed by atoms with Gasteiger partial charge in [-0.25, -0.2) is 0 Å². The Morgan fingerprint density at radius 2 is 1.93 bits per heavy atom. The second kappa shape index (κ2) is 7.24. The molecular formula is C13H28N2. The highest BCUT2D eigenvalue weighted by Crippen LogP contribution is 2.23. The third-order valence-corrected chi connectivity index (χ3v) is 3.69. The van der Waals surface area contributed by atoms with Crippen LogP contribution in [0.5, 0.6) is 0 Å². The summed E-state index contributed by atoms with van der Waals surface area (Å²) in [6, 6.07) is 0.796. The van der Waals surface area contributed by atoms with Gasteiger partial charge in [0.15, 0.2) is 0 Å². The fraction of sp³-hybridized carbons (Fsp3) is 1.00. The molecule has 1 aliphatic rings. The van der Waals surface area contributed by atoms with Gasteiger partial charge in [-0.3, -0.25) is 0 Å². The quantitative estimate of drug-likeness (QED) is 0.728. The van der Waals surface area contributed by atoms with E-state index < -0.39 is 0 Å². The second-order valence-electron chi connectivity index (χ2n) is 4.95. The maximum absolute atomic E-state index is 3.71. The monoisotopic (exact) mass is 212 g/mol. The molecule has 1 N–H and O–H groups in total. The lowest BCUT2D eigenvalue weighted by Crippen LogP contribution is -2.39. The zero-order valence-corrected chi connectivity index (χ0v) is 10.8. The molecule has 15 heavy (non-hydrogen) atoms. The molecule has 0 aromatic carbocycles. The van der Waals surface area contributed by atoms with Crippen LogP contribution in [0.2, 0.25) is 0 Å². The maximum Gasteiger partial charge on any atom is 0.0107 e. The topological polar surface area (TPSA) is 15.3 Å². The normalized spacial score (nSPS) is 27.2. The van der Waals surface area contributed by atoms with Gasteiger partial charge in [0.05, 0.1) is 0 Å². The highest BCUT2D eigenvalue weighted by molar-refractivity contribution is 4.76. The Hall–Kier alpha value is -0.0800. The molecule has 0 aliphatic heterocycles. The van der Waals surface area contributed by atoms with Crippen LogP contribution in [-0.4, -0.2) is 37.1 Å². The summed E-state index contributed by atoms with van der Waals surface area (Å²) in [7, 11) is 0. The zero-order chi connectivity index (χ0) is 11.1. The first kappa shape index (κ1) is 13.0. The molecule has 0 radical (unpaired) electrons. The molecule has 0 aromatic heterocycles. The van der Waals surface area contributed by atoms with E-state index in [4.69, 9.17) is 0 Å². The van der Waals surface area contributed by atoms with Crippen LogP contribution in [0.15, 0.2) is 0 Å². The molecule has 2 unspecified atom stereocenters. The molecular weight excluding hydrogens is 184 g/mol. The number of nitrogens with one attached hydrogen (secondary N) is 1. The van der Waals surface area contributed by atoms with E-state index in [0.29, 0.717) is 0 Å². The molecule has 1 fully saturated rings. The number of likely N-dealkylation sites (N-methyl/N-ethyl adjacent to an activating group) is 1. The largest absolute Gasteiger partial charge is 0.313 e. The van der Waals surface area contributed by atoms with Crippen LogP contribution in [0.4, 0.5) is 0 Å².